The average Bonchev–Trinajstić information content (AvgIpc) is 2.88. The molecule has 1 aliphatic rings. The Hall–Kier alpha value is -2.70. The lowest BCUT2D eigenvalue weighted by atomic mass is 9.78. The lowest BCUT2D eigenvalue weighted by Crippen LogP contribution is -2.37. The lowest BCUT2D eigenvalue weighted by Gasteiger charge is -2.33. The molecule has 1 fully saturated rings. The largest absolute Gasteiger partial charge is 0.476 e. The van der Waals surface area contributed by atoms with Crippen LogP contribution in [0.2, 0.25) is 0 Å². The summed E-state index contributed by atoms with van der Waals surface area (Å²) in [6, 6.07) is 6.75. The summed E-state index contributed by atoms with van der Waals surface area (Å²) < 4.78 is 1.29. The van der Waals surface area contributed by atoms with E-state index in [0.717, 1.165) is 25.0 Å². The van der Waals surface area contributed by atoms with Gasteiger partial charge in [0.1, 0.15) is 5.69 Å². The van der Waals surface area contributed by atoms with Crippen LogP contribution in [0.25, 0.3) is 0 Å². The van der Waals surface area contributed by atoms with E-state index in [1.807, 2.05) is 18.2 Å². The standard InChI is InChI=1S/C16H18N4O3/c1-20-13(9-12(19-20)16(22)23)15(21)18-14(10-5-4-6-10)11-7-2-3-8-17-11/h2-3,7-10,14H,4-6H2,1H3,(H,18,21)(H,22,23). The Bertz CT molecular complexity index is 722. The summed E-state index contributed by atoms with van der Waals surface area (Å²) in [6.07, 6.45) is 4.96. The molecule has 2 aromatic rings. The van der Waals surface area contributed by atoms with Crippen LogP contribution < -0.4 is 5.32 Å². The first-order valence-corrected chi connectivity index (χ1v) is 7.55. The minimum Gasteiger partial charge on any atom is -0.476 e. The van der Waals surface area contributed by atoms with Gasteiger partial charge in [-0.25, -0.2) is 4.79 Å². The second-order valence-corrected chi connectivity index (χ2v) is 5.74. The molecule has 0 aromatic carbocycles. The Morgan fingerprint density at radius 1 is 1.39 bits per heavy atom. The van der Waals surface area contributed by atoms with Crippen molar-refractivity contribution in [2.75, 3.05) is 0 Å². The van der Waals surface area contributed by atoms with Crippen LogP contribution in [-0.2, 0) is 7.05 Å². The van der Waals surface area contributed by atoms with Gasteiger partial charge in [0.2, 0.25) is 0 Å². The molecule has 0 saturated heterocycles. The molecule has 1 atom stereocenters. The zero-order valence-electron chi connectivity index (χ0n) is 12.8. The van der Waals surface area contributed by atoms with Crippen molar-refractivity contribution < 1.29 is 14.7 Å². The number of amides is 1. The first kappa shape index (κ1) is 15.2. The molecule has 2 aromatic heterocycles. The highest BCUT2D eigenvalue weighted by Crippen LogP contribution is 2.37. The van der Waals surface area contributed by atoms with Crippen LogP contribution in [0.3, 0.4) is 0 Å². The third kappa shape index (κ3) is 3.08. The van der Waals surface area contributed by atoms with E-state index < -0.39 is 5.97 Å². The molecule has 2 N–H and O–H groups in total. The van der Waals surface area contributed by atoms with E-state index in [4.69, 9.17) is 5.11 Å². The molecule has 120 valence electrons. The van der Waals surface area contributed by atoms with E-state index in [-0.39, 0.29) is 23.3 Å². The summed E-state index contributed by atoms with van der Waals surface area (Å²) in [4.78, 5) is 27.9. The summed E-state index contributed by atoms with van der Waals surface area (Å²) in [5, 5.41) is 15.8. The van der Waals surface area contributed by atoms with Gasteiger partial charge in [0, 0.05) is 19.3 Å². The van der Waals surface area contributed by atoms with Gasteiger partial charge in [-0.15, -0.1) is 0 Å². The molecule has 23 heavy (non-hydrogen) atoms. The van der Waals surface area contributed by atoms with Gasteiger partial charge in [0.05, 0.1) is 11.7 Å². The van der Waals surface area contributed by atoms with E-state index >= 15 is 0 Å². The second-order valence-electron chi connectivity index (χ2n) is 5.74. The highest BCUT2D eigenvalue weighted by Gasteiger charge is 2.31. The van der Waals surface area contributed by atoms with Crippen molar-refractivity contribution in [3.63, 3.8) is 0 Å². The fourth-order valence-electron chi connectivity index (χ4n) is 2.77. The first-order chi connectivity index (χ1) is 11.1. The summed E-state index contributed by atoms with van der Waals surface area (Å²) in [7, 11) is 1.56. The zero-order chi connectivity index (χ0) is 16.4. The Morgan fingerprint density at radius 3 is 2.70 bits per heavy atom. The van der Waals surface area contributed by atoms with Crippen molar-refractivity contribution in [2.24, 2.45) is 13.0 Å². The van der Waals surface area contributed by atoms with Crippen LogP contribution in [0.1, 0.15) is 52.0 Å². The molecule has 7 nitrogen and oxygen atoms in total. The van der Waals surface area contributed by atoms with Crippen molar-refractivity contribution in [1.29, 1.82) is 0 Å². The van der Waals surface area contributed by atoms with E-state index in [1.165, 1.54) is 10.7 Å². The van der Waals surface area contributed by atoms with E-state index in [0.29, 0.717) is 5.92 Å². The molecule has 1 aliphatic carbocycles. The van der Waals surface area contributed by atoms with Crippen LogP contribution in [0, 0.1) is 5.92 Å². The average molecular weight is 314 g/mol. The number of pyridine rings is 1. The van der Waals surface area contributed by atoms with Gasteiger partial charge in [0.15, 0.2) is 5.69 Å². The van der Waals surface area contributed by atoms with Gasteiger partial charge in [-0.3, -0.25) is 14.5 Å². The number of nitrogens with zero attached hydrogens (tertiary/aromatic N) is 3. The number of aromatic nitrogens is 3. The number of carboxylic acid groups (broad SMARTS) is 1. The van der Waals surface area contributed by atoms with Crippen LogP contribution in [0.5, 0.6) is 0 Å². The summed E-state index contributed by atoms with van der Waals surface area (Å²) in [6.45, 7) is 0. The predicted molar refractivity (Wildman–Crippen MR) is 82.0 cm³/mol. The highest BCUT2D eigenvalue weighted by molar-refractivity contribution is 5.95. The quantitative estimate of drug-likeness (QED) is 0.877. The van der Waals surface area contributed by atoms with E-state index in [1.54, 1.807) is 13.2 Å². The Balaban J connectivity index is 1.82. The Labute approximate surface area is 133 Å². The number of aromatic carboxylic acids is 1. The maximum atomic E-state index is 12.5. The topological polar surface area (TPSA) is 97.1 Å². The Morgan fingerprint density at radius 2 is 2.17 bits per heavy atom. The zero-order valence-corrected chi connectivity index (χ0v) is 12.8. The molecule has 3 rings (SSSR count). The highest BCUT2D eigenvalue weighted by atomic mass is 16.4. The molecule has 1 amide bonds. The van der Waals surface area contributed by atoms with Gasteiger partial charge in [-0.05, 0) is 30.9 Å². The van der Waals surface area contributed by atoms with Crippen molar-refractivity contribution in [1.82, 2.24) is 20.1 Å². The molecule has 1 unspecified atom stereocenters. The van der Waals surface area contributed by atoms with Crippen molar-refractivity contribution in [3.05, 3.63) is 47.5 Å². The summed E-state index contributed by atoms with van der Waals surface area (Å²) in [5.41, 5.74) is 0.907. The van der Waals surface area contributed by atoms with Crippen LogP contribution in [-0.4, -0.2) is 31.7 Å². The summed E-state index contributed by atoms with van der Waals surface area (Å²) >= 11 is 0. The van der Waals surface area contributed by atoms with Crippen molar-refractivity contribution >= 4 is 11.9 Å². The molecule has 0 radical (unpaired) electrons. The molecule has 7 heteroatoms. The number of hydrogen-bond acceptors (Lipinski definition) is 4. The van der Waals surface area contributed by atoms with Crippen LogP contribution >= 0.6 is 0 Å². The minimum absolute atomic E-state index is 0.143. The monoisotopic (exact) mass is 314 g/mol. The summed E-state index contributed by atoms with van der Waals surface area (Å²) in [5.74, 6) is -1.13. The minimum atomic E-state index is -1.15. The lowest BCUT2D eigenvalue weighted by molar-refractivity contribution is 0.0689. The number of carbonyl (C=O) groups excluding carboxylic acids is 1. The number of carbonyl (C=O) groups is 2. The first-order valence-electron chi connectivity index (χ1n) is 7.55. The number of nitrogens with one attached hydrogen (secondary N) is 1. The molecular weight excluding hydrogens is 296 g/mol. The number of aryl methyl sites for hydroxylation is 1. The molecule has 0 spiro atoms. The maximum absolute atomic E-state index is 12.5. The van der Waals surface area contributed by atoms with E-state index in [9.17, 15) is 9.59 Å². The van der Waals surface area contributed by atoms with Gasteiger partial charge in [-0.2, -0.15) is 5.10 Å². The molecular formula is C16H18N4O3. The third-order valence-electron chi connectivity index (χ3n) is 4.25. The number of carboxylic acids is 1. The third-order valence-corrected chi connectivity index (χ3v) is 4.25. The molecule has 2 heterocycles. The fourth-order valence-corrected chi connectivity index (χ4v) is 2.77. The molecule has 1 saturated carbocycles. The number of hydrogen-bond donors (Lipinski definition) is 2. The Kier molecular flexibility index (Phi) is 4.10. The van der Waals surface area contributed by atoms with Crippen molar-refractivity contribution in [2.45, 2.75) is 25.3 Å². The van der Waals surface area contributed by atoms with Gasteiger partial charge < -0.3 is 10.4 Å². The molecule has 0 bridgehead atoms. The second kappa shape index (κ2) is 6.20. The van der Waals surface area contributed by atoms with Gasteiger partial charge in [-0.1, -0.05) is 12.5 Å². The maximum Gasteiger partial charge on any atom is 0.356 e. The van der Waals surface area contributed by atoms with Crippen molar-refractivity contribution in [3.8, 4) is 0 Å². The van der Waals surface area contributed by atoms with Gasteiger partial charge >= 0.3 is 5.97 Å². The fraction of sp³-hybridized carbons (Fsp3) is 0.375. The van der Waals surface area contributed by atoms with Crippen LogP contribution in [0.4, 0.5) is 0 Å². The van der Waals surface area contributed by atoms with Crippen LogP contribution in [0.15, 0.2) is 30.5 Å². The SMILES string of the molecule is Cn1nc(C(=O)O)cc1C(=O)NC(c1ccccn1)C1CCC1. The smallest absolute Gasteiger partial charge is 0.356 e. The van der Waals surface area contributed by atoms with Gasteiger partial charge in [0.25, 0.3) is 5.91 Å². The normalized spacial score (nSPS) is 15.7. The van der Waals surface area contributed by atoms with E-state index in [2.05, 4.69) is 15.4 Å². The number of rotatable bonds is 5. The molecule has 0 aliphatic heterocycles. The predicted octanol–water partition coefficient (Wildman–Crippen LogP) is 1.78.